The van der Waals surface area contributed by atoms with E-state index in [0.29, 0.717) is 17.8 Å². The number of hydrogen-bond donors (Lipinski definition) is 2. The molecule has 70 valence electrons. The molecule has 0 aliphatic heterocycles. The second kappa shape index (κ2) is 4.30. The molecule has 4 heteroatoms. The zero-order valence-corrected chi connectivity index (χ0v) is 7.82. The van der Waals surface area contributed by atoms with Gasteiger partial charge in [0.2, 0.25) is 0 Å². The monoisotopic (exact) mass is 180 g/mol. The molecule has 0 aliphatic carbocycles. The summed E-state index contributed by atoms with van der Waals surface area (Å²) in [6.07, 6.45) is 0. The highest BCUT2D eigenvalue weighted by molar-refractivity contribution is 6.59. The molecule has 3 nitrogen and oxygen atoms in total. The van der Waals surface area contributed by atoms with Crippen molar-refractivity contribution < 1.29 is 14.8 Å². The first-order valence-electron chi connectivity index (χ1n) is 4.25. The minimum absolute atomic E-state index is 0.492. The maximum Gasteiger partial charge on any atom is 0.488 e. The molecule has 0 atom stereocenters. The smallest absolute Gasteiger partial charge is 0.488 e. The van der Waals surface area contributed by atoms with E-state index in [-0.39, 0.29) is 0 Å². The average molecular weight is 180 g/mol. The Morgan fingerprint density at radius 3 is 2.62 bits per heavy atom. The molecule has 0 heterocycles. The van der Waals surface area contributed by atoms with Gasteiger partial charge in [0.05, 0.1) is 6.61 Å². The summed E-state index contributed by atoms with van der Waals surface area (Å²) in [5.41, 5.74) is 1.27. The number of rotatable bonds is 3. The second-order valence-corrected chi connectivity index (χ2v) is 2.78. The summed E-state index contributed by atoms with van der Waals surface area (Å²) in [4.78, 5) is 0. The number of benzene rings is 1. The third kappa shape index (κ3) is 2.23. The van der Waals surface area contributed by atoms with Gasteiger partial charge in [-0.2, -0.15) is 0 Å². The van der Waals surface area contributed by atoms with Gasteiger partial charge in [0, 0.05) is 0 Å². The maximum absolute atomic E-state index is 9.00. The maximum atomic E-state index is 9.00. The zero-order chi connectivity index (χ0) is 9.84. The molecular formula is C9H13BO3. The van der Waals surface area contributed by atoms with Gasteiger partial charge in [0.1, 0.15) is 5.75 Å². The molecule has 0 aromatic heterocycles. The lowest BCUT2D eigenvalue weighted by Crippen LogP contribution is -2.32. The molecule has 0 fully saturated rings. The van der Waals surface area contributed by atoms with Crippen LogP contribution in [0.5, 0.6) is 5.75 Å². The highest BCUT2D eigenvalue weighted by Crippen LogP contribution is 2.14. The van der Waals surface area contributed by atoms with Crippen LogP contribution in [0.4, 0.5) is 0 Å². The first kappa shape index (κ1) is 10.1. The molecular weight excluding hydrogens is 167 g/mol. The van der Waals surface area contributed by atoms with E-state index < -0.39 is 7.12 Å². The van der Waals surface area contributed by atoms with Crippen LogP contribution in [0.1, 0.15) is 12.5 Å². The molecule has 2 N–H and O–H groups in total. The molecule has 1 aromatic carbocycles. The van der Waals surface area contributed by atoms with Crippen LogP contribution in [0, 0.1) is 6.92 Å². The summed E-state index contributed by atoms with van der Waals surface area (Å²) in [6.45, 7) is 4.27. The van der Waals surface area contributed by atoms with E-state index in [2.05, 4.69) is 0 Å². The minimum Gasteiger partial charge on any atom is -0.494 e. The van der Waals surface area contributed by atoms with E-state index in [4.69, 9.17) is 14.8 Å². The lowest BCUT2D eigenvalue weighted by Gasteiger charge is -2.10. The Balaban J connectivity index is 3.03. The topological polar surface area (TPSA) is 49.7 Å². The summed E-state index contributed by atoms with van der Waals surface area (Å²) in [6, 6.07) is 5.22. The van der Waals surface area contributed by atoms with Crippen molar-refractivity contribution in [1.29, 1.82) is 0 Å². The second-order valence-electron chi connectivity index (χ2n) is 2.78. The van der Waals surface area contributed by atoms with Gasteiger partial charge in [0.15, 0.2) is 0 Å². The van der Waals surface area contributed by atoms with Crippen molar-refractivity contribution in [2.24, 2.45) is 0 Å². The van der Waals surface area contributed by atoms with Crippen LogP contribution in [0.25, 0.3) is 0 Å². The predicted molar refractivity (Wildman–Crippen MR) is 52.2 cm³/mol. The van der Waals surface area contributed by atoms with Gasteiger partial charge >= 0.3 is 7.12 Å². The fourth-order valence-electron chi connectivity index (χ4n) is 1.22. The Labute approximate surface area is 78.1 Å². The summed E-state index contributed by atoms with van der Waals surface area (Å²) < 4.78 is 5.31. The fraction of sp³-hybridized carbons (Fsp3) is 0.333. The third-order valence-electron chi connectivity index (χ3n) is 1.90. The Morgan fingerprint density at radius 1 is 1.38 bits per heavy atom. The summed E-state index contributed by atoms with van der Waals surface area (Å²) in [5, 5.41) is 18.0. The highest BCUT2D eigenvalue weighted by atomic mass is 16.5. The van der Waals surface area contributed by atoms with Crippen molar-refractivity contribution in [1.82, 2.24) is 0 Å². The summed E-state index contributed by atoms with van der Waals surface area (Å²) in [5.74, 6) is 0.702. The lowest BCUT2D eigenvalue weighted by atomic mass is 9.77. The molecule has 0 spiro atoms. The van der Waals surface area contributed by atoms with Gasteiger partial charge in [-0.1, -0.05) is 12.1 Å². The predicted octanol–water partition coefficient (Wildman–Crippen LogP) is 0.0735. The van der Waals surface area contributed by atoms with Gasteiger partial charge in [-0.25, -0.2) is 0 Å². The minimum atomic E-state index is -1.43. The van der Waals surface area contributed by atoms with Gasteiger partial charge in [-0.05, 0) is 30.9 Å². The molecule has 0 unspecified atom stereocenters. The van der Waals surface area contributed by atoms with Crippen LogP contribution in [0.3, 0.4) is 0 Å². The normalized spacial score (nSPS) is 9.85. The molecule has 13 heavy (non-hydrogen) atoms. The van der Waals surface area contributed by atoms with E-state index in [1.165, 1.54) is 0 Å². The summed E-state index contributed by atoms with van der Waals surface area (Å²) in [7, 11) is -1.43. The number of hydrogen-bond acceptors (Lipinski definition) is 3. The molecule has 1 aromatic rings. The fourth-order valence-corrected chi connectivity index (χ4v) is 1.22. The van der Waals surface area contributed by atoms with Crippen molar-refractivity contribution in [2.75, 3.05) is 6.61 Å². The van der Waals surface area contributed by atoms with Gasteiger partial charge in [0.25, 0.3) is 0 Å². The molecule has 0 saturated carbocycles. The Bertz CT molecular complexity index is 286. The quantitative estimate of drug-likeness (QED) is 0.647. The first-order chi connectivity index (χ1) is 6.16. The van der Waals surface area contributed by atoms with Crippen LogP contribution in [-0.2, 0) is 0 Å². The Morgan fingerprint density at radius 2 is 2.08 bits per heavy atom. The van der Waals surface area contributed by atoms with Crippen molar-refractivity contribution in [3.8, 4) is 5.75 Å². The zero-order valence-electron chi connectivity index (χ0n) is 7.82. The molecule has 1 rings (SSSR count). The Hall–Kier alpha value is -0.995. The molecule has 0 radical (unpaired) electrons. The van der Waals surface area contributed by atoms with Crippen molar-refractivity contribution in [3.63, 3.8) is 0 Å². The molecule has 0 aliphatic rings. The van der Waals surface area contributed by atoms with Crippen LogP contribution in [0.15, 0.2) is 18.2 Å². The van der Waals surface area contributed by atoms with Gasteiger partial charge in [-0.3, -0.25) is 0 Å². The van der Waals surface area contributed by atoms with E-state index in [1.54, 1.807) is 19.1 Å². The Kier molecular flexibility index (Phi) is 3.34. The van der Waals surface area contributed by atoms with Crippen molar-refractivity contribution >= 4 is 12.6 Å². The van der Waals surface area contributed by atoms with E-state index in [0.717, 1.165) is 5.56 Å². The van der Waals surface area contributed by atoms with Gasteiger partial charge < -0.3 is 14.8 Å². The molecule has 0 saturated heterocycles. The van der Waals surface area contributed by atoms with Gasteiger partial charge in [-0.15, -0.1) is 0 Å². The SMILES string of the molecule is CCOc1cccc(B(O)O)c1C. The average Bonchev–Trinajstić information content (AvgIpc) is 2.08. The van der Waals surface area contributed by atoms with E-state index in [9.17, 15) is 0 Å². The molecule has 0 bridgehead atoms. The standard InChI is InChI=1S/C9H13BO3/c1-3-13-9-6-4-5-8(7(9)2)10(11)12/h4-6,11-12H,3H2,1-2H3. The molecule has 0 amide bonds. The first-order valence-corrected chi connectivity index (χ1v) is 4.25. The van der Waals surface area contributed by atoms with E-state index in [1.807, 2.05) is 13.0 Å². The van der Waals surface area contributed by atoms with Crippen molar-refractivity contribution in [3.05, 3.63) is 23.8 Å². The summed E-state index contributed by atoms with van der Waals surface area (Å²) >= 11 is 0. The van der Waals surface area contributed by atoms with Crippen LogP contribution in [0.2, 0.25) is 0 Å². The van der Waals surface area contributed by atoms with Crippen LogP contribution < -0.4 is 10.2 Å². The number of ether oxygens (including phenoxy) is 1. The largest absolute Gasteiger partial charge is 0.494 e. The lowest BCUT2D eigenvalue weighted by molar-refractivity contribution is 0.338. The van der Waals surface area contributed by atoms with Crippen LogP contribution in [-0.4, -0.2) is 23.8 Å². The van der Waals surface area contributed by atoms with E-state index >= 15 is 0 Å². The third-order valence-corrected chi connectivity index (χ3v) is 1.90. The van der Waals surface area contributed by atoms with Crippen molar-refractivity contribution in [2.45, 2.75) is 13.8 Å². The highest BCUT2D eigenvalue weighted by Gasteiger charge is 2.15. The van der Waals surface area contributed by atoms with Crippen LogP contribution >= 0.6 is 0 Å².